The minimum atomic E-state index is -0.155. The van der Waals surface area contributed by atoms with Crippen LogP contribution in [0.3, 0.4) is 0 Å². The highest BCUT2D eigenvalue weighted by molar-refractivity contribution is 5.72. The predicted octanol–water partition coefficient (Wildman–Crippen LogP) is 2.32. The van der Waals surface area contributed by atoms with E-state index in [1.54, 1.807) is 12.2 Å². The molecule has 0 aromatic heterocycles. The average Bonchev–Trinajstić information content (AvgIpc) is 2.10. The van der Waals surface area contributed by atoms with E-state index >= 15 is 0 Å². The van der Waals surface area contributed by atoms with Crippen molar-refractivity contribution in [1.82, 2.24) is 0 Å². The van der Waals surface area contributed by atoms with Gasteiger partial charge in [-0.2, -0.15) is 0 Å². The average molecular weight is 168 g/mol. The molecule has 0 fully saturated rings. The van der Waals surface area contributed by atoms with Gasteiger partial charge in [0.25, 0.3) is 0 Å². The zero-order chi connectivity index (χ0) is 9.40. The molecule has 0 rings (SSSR count). The summed E-state index contributed by atoms with van der Waals surface area (Å²) in [6.45, 7) is 9.31. The normalized spacial score (nSPS) is 11.8. The van der Waals surface area contributed by atoms with Crippen molar-refractivity contribution in [3.05, 3.63) is 25.3 Å². The fourth-order valence-corrected chi connectivity index (χ4v) is 0.890. The Morgan fingerprint density at radius 3 is 2.58 bits per heavy atom. The molecule has 0 aromatic carbocycles. The molecule has 0 aliphatic carbocycles. The SMILES string of the molecule is C=CCOC(=O)C(CC)CC=C. The summed E-state index contributed by atoms with van der Waals surface area (Å²) < 4.78 is 4.89. The Labute approximate surface area is 73.9 Å². The number of rotatable bonds is 6. The lowest BCUT2D eigenvalue weighted by molar-refractivity contribution is -0.147. The molecule has 0 aliphatic heterocycles. The van der Waals surface area contributed by atoms with Crippen LogP contribution in [-0.4, -0.2) is 12.6 Å². The standard InChI is InChI=1S/C10H16O2/c1-4-7-9(6-3)10(11)12-8-5-2/h4-5,9H,1-2,6-8H2,3H3. The maximum absolute atomic E-state index is 11.2. The van der Waals surface area contributed by atoms with Crippen molar-refractivity contribution in [3.63, 3.8) is 0 Å². The summed E-state index contributed by atoms with van der Waals surface area (Å²) in [5.41, 5.74) is 0. The minimum Gasteiger partial charge on any atom is -0.461 e. The molecule has 12 heavy (non-hydrogen) atoms. The third-order valence-electron chi connectivity index (χ3n) is 1.62. The monoisotopic (exact) mass is 168 g/mol. The maximum Gasteiger partial charge on any atom is 0.309 e. The Balaban J connectivity index is 3.84. The molecule has 0 aromatic rings. The smallest absolute Gasteiger partial charge is 0.309 e. The first-order chi connectivity index (χ1) is 5.76. The van der Waals surface area contributed by atoms with Crippen molar-refractivity contribution in [3.8, 4) is 0 Å². The van der Waals surface area contributed by atoms with Crippen LogP contribution in [0.1, 0.15) is 19.8 Å². The van der Waals surface area contributed by atoms with E-state index in [-0.39, 0.29) is 11.9 Å². The second-order valence-corrected chi connectivity index (χ2v) is 2.55. The van der Waals surface area contributed by atoms with E-state index in [2.05, 4.69) is 13.2 Å². The molecule has 1 unspecified atom stereocenters. The van der Waals surface area contributed by atoms with Crippen LogP contribution >= 0.6 is 0 Å². The summed E-state index contributed by atoms with van der Waals surface area (Å²) in [6, 6.07) is 0. The Bertz CT molecular complexity index is 161. The van der Waals surface area contributed by atoms with Crippen LogP contribution in [0.25, 0.3) is 0 Å². The number of allylic oxidation sites excluding steroid dienone is 1. The van der Waals surface area contributed by atoms with Gasteiger partial charge in [0, 0.05) is 0 Å². The lowest BCUT2D eigenvalue weighted by Gasteiger charge is -2.10. The van der Waals surface area contributed by atoms with Gasteiger partial charge in [0.05, 0.1) is 5.92 Å². The molecule has 68 valence electrons. The summed E-state index contributed by atoms with van der Waals surface area (Å²) in [5, 5.41) is 0. The van der Waals surface area contributed by atoms with Gasteiger partial charge in [0.15, 0.2) is 0 Å². The van der Waals surface area contributed by atoms with Crippen LogP contribution in [0.4, 0.5) is 0 Å². The van der Waals surface area contributed by atoms with Gasteiger partial charge < -0.3 is 4.74 Å². The molecule has 0 spiro atoms. The highest BCUT2D eigenvalue weighted by Gasteiger charge is 2.15. The summed E-state index contributed by atoms with van der Waals surface area (Å²) in [5.74, 6) is -0.195. The number of esters is 1. The summed E-state index contributed by atoms with van der Waals surface area (Å²) >= 11 is 0. The maximum atomic E-state index is 11.2. The summed E-state index contributed by atoms with van der Waals surface area (Å²) in [4.78, 5) is 11.2. The van der Waals surface area contributed by atoms with Crippen LogP contribution in [-0.2, 0) is 9.53 Å². The molecular weight excluding hydrogens is 152 g/mol. The highest BCUT2D eigenvalue weighted by Crippen LogP contribution is 2.10. The molecule has 0 amide bonds. The first-order valence-electron chi connectivity index (χ1n) is 4.14. The third-order valence-corrected chi connectivity index (χ3v) is 1.62. The zero-order valence-electron chi connectivity index (χ0n) is 7.58. The number of carbonyl (C=O) groups is 1. The first kappa shape index (κ1) is 11.0. The Morgan fingerprint density at radius 2 is 2.17 bits per heavy atom. The van der Waals surface area contributed by atoms with Crippen LogP contribution in [0.5, 0.6) is 0 Å². The van der Waals surface area contributed by atoms with E-state index in [1.165, 1.54) is 0 Å². The zero-order valence-corrected chi connectivity index (χ0v) is 7.58. The van der Waals surface area contributed by atoms with Crippen LogP contribution in [0.2, 0.25) is 0 Å². The molecule has 0 N–H and O–H groups in total. The van der Waals surface area contributed by atoms with Crippen molar-refractivity contribution in [1.29, 1.82) is 0 Å². The van der Waals surface area contributed by atoms with Crippen molar-refractivity contribution in [2.45, 2.75) is 19.8 Å². The van der Waals surface area contributed by atoms with Crippen molar-refractivity contribution in [2.24, 2.45) is 5.92 Å². The number of carbonyl (C=O) groups excluding carboxylic acids is 1. The lowest BCUT2D eigenvalue weighted by atomic mass is 10.0. The Kier molecular flexibility index (Phi) is 6.07. The van der Waals surface area contributed by atoms with Gasteiger partial charge in [-0.15, -0.1) is 6.58 Å². The van der Waals surface area contributed by atoms with Crippen molar-refractivity contribution < 1.29 is 9.53 Å². The van der Waals surface area contributed by atoms with E-state index in [0.717, 1.165) is 6.42 Å². The molecule has 1 atom stereocenters. The summed E-state index contributed by atoms with van der Waals surface area (Å²) in [6.07, 6.45) is 4.79. The van der Waals surface area contributed by atoms with Crippen LogP contribution < -0.4 is 0 Å². The predicted molar refractivity (Wildman–Crippen MR) is 49.8 cm³/mol. The molecule has 0 aliphatic rings. The summed E-state index contributed by atoms with van der Waals surface area (Å²) in [7, 11) is 0. The quantitative estimate of drug-likeness (QED) is 0.449. The van der Waals surface area contributed by atoms with Gasteiger partial charge in [-0.05, 0) is 12.8 Å². The van der Waals surface area contributed by atoms with Gasteiger partial charge in [0.2, 0.25) is 0 Å². The Hall–Kier alpha value is -1.05. The first-order valence-corrected chi connectivity index (χ1v) is 4.14. The molecule has 0 saturated heterocycles. The second-order valence-electron chi connectivity index (χ2n) is 2.55. The largest absolute Gasteiger partial charge is 0.461 e. The number of hydrogen-bond donors (Lipinski definition) is 0. The molecule has 2 heteroatoms. The van der Waals surface area contributed by atoms with E-state index in [9.17, 15) is 4.79 Å². The number of hydrogen-bond acceptors (Lipinski definition) is 2. The van der Waals surface area contributed by atoms with E-state index < -0.39 is 0 Å². The van der Waals surface area contributed by atoms with Crippen molar-refractivity contribution in [2.75, 3.05) is 6.61 Å². The van der Waals surface area contributed by atoms with E-state index in [4.69, 9.17) is 4.74 Å². The van der Waals surface area contributed by atoms with E-state index in [1.807, 2.05) is 6.92 Å². The fourth-order valence-electron chi connectivity index (χ4n) is 0.890. The van der Waals surface area contributed by atoms with Crippen molar-refractivity contribution >= 4 is 5.97 Å². The molecule has 0 saturated carbocycles. The molecule has 0 bridgehead atoms. The van der Waals surface area contributed by atoms with E-state index in [0.29, 0.717) is 13.0 Å². The van der Waals surface area contributed by atoms with Gasteiger partial charge in [-0.25, -0.2) is 0 Å². The van der Waals surface area contributed by atoms with Crippen LogP contribution in [0, 0.1) is 5.92 Å². The van der Waals surface area contributed by atoms with Gasteiger partial charge >= 0.3 is 5.97 Å². The molecule has 2 nitrogen and oxygen atoms in total. The second kappa shape index (κ2) is 6.65. The van der Waals surface area contributed by atoms with Gasteiger partial charge in [-0.1, -0.05) is 25.7 Å². The third kappa shape index (κ3) is 3.96. The Morgan fingerprint density at radius 1 is 1.50 bits per heavy atom. The van der Waals surface area contributed by atoms with Gasteiger partial charge in [-0.3, -0.25) is 4.79 Å². The molecule has 0 heterocycles. The highest BCUT2D eigenvalue weighted by atomic mass is 16.5. The lowest BCUT2D eigenvalue weighted by Crippen LogP contribution is -2.16. The molecular formula is C10H16O2. The topological polar surface area (TPSA) is 26.3 Å². The number of ether oxygens (including phenoxy) is 1. The van der Waals surface area contributed by atoms with Gasteiger partial charge in [0.1, 0.15) is 6.61 Å². The fraction of sp³-hybridized carbons (Fsp3) is 0.500. The van der Waals surface area contributed by atoms with Crippen LogP contribution in [0.15, 0.2) is 25.3 Å². The molecule has 0 radical (unpaired) electrons. The minimum absolute atomic E-state index is 0.0394.